The van der Waals surface area contributed by atoms with Crippen molar-refractivity contribution in [2.45, 2.75) is 37.2 Å². The van der Waals surface area contributed by atoms with E-state index >= 15 is 0 Å². The molecule has 0 saturated carbocycles. The van der Waals surface area contributed by atoms with Crippen molar-refractivity contribution in [1.29, 1.82) is 0 Å². The SMILES string of the molecule is CC[C@@H](C)Sc1nc2c(c(=O)[nH]c(=O)n2C)n1Cc1ccccc1. The van der Waals surface area contributed by atoms with Crippen LogP contribution in [-0.2, 0) is 13.6 Å². The van der Waals surface area contributed by atoms with E-state index in [-0.39, 0.29) is 0 Å². The Bertz CT molecular complexity index is 972. The molecule has 0 aliphatic heterocycles. The van der Waals surface area contributed by atoms with Gasteiger partial charge in [-0.15, -0.1) is 0 Å². The van der Waals surface area contributed by atoms with E-state index in [0.29, 0.717) is 23.0 Å². The van der Waals surface area contributed by atoms with Gasteiger partial charge in [0.15, 0.2) is 16.3 Å². The zero-order chi connectivity index (χ0) is 17.3. The van der Waals surface area contributed by atoms with Gasteiger partial charge in [0.2, 0.25) is 0 Å². The van der Waals surface area contributed by atoms with Crippen molar-refractivity contribution in [3.05, 3.63) is 56.7 Å². The molecule has 0 saturated heterocycles. The van der Waals surface area contributed by atoms with Crippen LogP contribution in [0.15, 0.2) is 45.1 Å². The minimum atomic E-state index is -0.447. The van der Waals surface area contributed by atoms with Gasteiger partial charge in [-0.05, 0) is 12.0 Å². The third-order valence-electron chi connectivity index (χ3n) is 4.04. The van der Waals surface area contributed by atoms with Crippen LogP contribution in [0.5, 0.6) is 0 Å². The first kappa shape index (κ1) is 16.6. The Morgan fingerprint density at radius 3 is 2.62 bits per heavy atom. The van der Waals surface area contributed by atoms with Crippen LogP contribution in [0, 0.1) is 0 Å². The molecule has 1 aromatic carbocycles. The predicted molar refractivity (Wildman–Crippen MR) is 96.7 cm³/mol. The number of aromatic amines is 1. The van der Waals surface area contributed by atoms with Crippen LogP contribution >= 0.6 is 11.8 Å². The van der Waals surface area contributed by atoms with Crippen molar-refractivity contribution in [2.75, 3.05) is 0 Å². The number of rotatable bonds is 5. The smallest absolute Gasteiger partial charge is 0.309 e. The maximum absolute atomic E-state index is 12.4. The van der Waals surface area contributed by atoms with E-state index in [9.17, 15) is 9.59 Å². The Morgan fingerprint density at radius 2 is 1.96 bits per heavy atom. The average molecular weight is 344 g/mol. The summed E-state index contributed by atoms with van der Waals surface area (Å²) in [5.41, 5.74) is 1.10. The van der Waals surface area contributed by atoms with E-state index in [0.717, 1.165) is 17.1 Å². The minimum Gasteiger partial charge on any atom is -0.309 e. The van der Waals surface area contributed by atoms with Crippen LogP contribution < -0.4 is 11.2 Å². The summed E-state index contributed by atoms with van der Waals surface area (Å²) in [5, 5.41) is 1.13. The molecule has 126 valence electrons. The molecule has 2 aromatic heterocycles. The lowest BCUT2D eigenvalue weighted by Gasteiger charge is -2.11. The van der Waals surface area contributed by atoms with Gasteiger partial charge in [-0.3, -0.25) is 14.3 Å². The Hall–Kier alpha value is -2.28. The Balaban J connectivity index is 2.22. The topological polar surface area (TPSA) is 72.7 Å². The molecule has 3 aromatic rings. The summed E-state index contributed by atoms with van der Waals surface area (Å²) in [6, 6.07) is 9.92. The number of hydrogen-bond donors (Lipinski definition) is 1. The number of H-pyrrole nitrogens is 1. The monoisotopic (exact) mass is 344 g/mol. The number of aryl methyl sites for hydroxylation is 1. The van der Waals surface area contributed by atoms with E-state index < -0.39 is 11.2 Å². The summed E-state index contributed by atoms with van der Waals surface area (Å²) in [5.74, 6) is 0. The average Bonchev–Trinajstić information content (AvgIpc) is 2.92. The molecule has 7 heteroatoms. The van der Waals surface area contributed by atoms with Crippen LogP contribution in [-0.4, -0.2) is 24.4 Å². The molecular weight excluding hydrogens is 324 g/mol. The molecule has 0 unspecified atom stereocenters. The summed E-state index contributed by atoms with van der Waals surface area (Å²) in [6.07, 6.45) is 0.995. The van der Waals surface area contributed by atoms with Gasteiger partial charge in [0.1, 0.15) is 0 Å². The first-order chi connectivity index (χ1) is 11.5. The highest BCUT2D eigenvalue weighted by atomic mass is 32.2. The quantitative estimate of drug-likeness (QED) is 0.721. The largest absolute Gasteiger partial charge is 0.329 e. The van der Waals surface area contributed by atoms with Gasteiger partial charge < -0.3 is 4.57 Å². The lowest BCUT2D eigenvalue weighted by molar-refractivity contribution is 0.723. The summed E-state index contributed by atoms with van der Waals surface area (Å²) < 4.78 is 3.29. The van der Waals surface area contributed by atoms with Crippen molar-refractivity contribution in [1.82, 2.24) is 19.1 Å². The third kappa shape index (κ3) is 3.03. The van der Waals surface area contributed by atoms with Gasteiger partial charge in [-0.1, -0.05) is 55.9 Å². The molecule has 0 radical (unpaired) electrons. The van der Waals surface area contributed by atoms with E-state index in [1.165, 1.54) is 4.57 Å². The molecule has 1 N–H and O–H groups in total. The van der Waals surface area contributed by atoms with Gasteiger partial charge in [-0.2, -0.15) is 0 Å². The Morgan fingerprint density at radius 1 is 1.25 bits per heavy atom. The maximum atomic E-state index is 12.4. The number of nitrogens with zero attached hydrogens (tertiary/aromatic N) is 3. The normalized spacial score (nSPS) is 12.6. The zero-order valence-corrected chi connectivity index (χ0v) is 14.8. The summed E-state index contributed by atoms with van der Waals surface area (Å²) in [4.78, 5) is 31.2. The second kappa shape index (κ2) is 6.68. The number of imidazole rings is 1. The van der Waals surface area contributed by atoms with Crippen molar-refractivity contribution >= 4 is 22.9 Å². The molecule has 3 rings (SSSR count). The molecular formula is C17H20N4O2S. The van der Waals surface area contributed by atoms with E-state index in [1.54, 1.807) is 18.8 Å². The molecule has 0 amide bonds. The first-order valence-corrected chi connectivity index (χ1v) is 8.79. The summed E-state index contributed by atoms with van der Waals surface area (Å²) in [7, 11) is 1.62. The van der Waals surface area contributed by atoms with E-state index in [4.69, 9.17) is 0 Å². The summed E-state index contributed by atoms with van der Waals surface area (Å²) >= 11 is 1.62. The fraction of sp³-hybridized carbons (Fsp3) is 0.353. The van der Waals surface area contributed by atoms with Crippen LogP contribution in [0.4, 0.5) is 0 Å². The van der Waals surface area contributed by atoms with E-state index in [2.05, 4.69) is 23.8 Å². The summed E-state index contributed by atoms with van der Waals surface area (Å²) in [6.45, 7) is 4.78. The van der Waals surface area contributed by atoms with Crippen LogP contribution in [0.2, 0.25) is 0 Å². The minimum absolute atomic E-state index is 0.368. The highest BCUT2D eigenvalue weighted by Gasteiger charge is 2.19. The molecule has 1 atom stereocenters. The highest BCUT2D eigenvalue weighted by molar-refractivity contribution is 7.99. The molecule has 2 heterocycles. The van der Waals surface area contributed by atoms with Crippen molar-refractivity contribution < 1.29 is 0 Å². The van der Waals surface area contributed by atoms with E-state index in [1.807, 2.05) is 34.9 Å². The number of hydrogen-bond acceptors (Lipinski definition) is 4. The number of thioether (sulfide) groups is 1. The fourth-order valence-corrected chi connectivity index (χ4v) is 3.43. The number of benzene rings is 1. The standard InChI is InChI=1S/C17H20N4O2S/c1-4-11(2)24-17-18-14-13(15(22)19-16(23)20(14)3)21(17)10-12-8-6-5-7-9-12/h5-9,11H,4,10H2,1-3H3,(H,19,22,23)/t11-/m1/s1. The second-order valence-electron chi connectivity index (χ2n) is 5.79. The van der Waals surface area contributed by atoms with Gasteiger partial charge in [-0.25, -0.2) is 9.78 Å². The Labute approximate surface area is 143 Å². The van der Waals surface area contributed by atoms with Gasteiger partial charge in [0.25, 0.3) is 5.56 Å². The van der Waals surface area contributed by atoms with Gasteiger partial charge >= 0.3 is 5.69 Å². The van der Waals surface area contributed by atoms with Gasteiger partial charge in [0, 0.05) is 12.3 Å². The van der Waals surface area contributed by atoms with Crippen LogP contribution in [0.25, 0.3) is 11.2 Å². The predicted octanol–water partition coefficient (Wildman–Crippen LogP) is 2.36. The zero-order valence-electron chi connectivity index (χ0n) is 13.9. The van der Waals surface area contributed by atoms with Crippen molar-refractivity contribution in [2.24, 2.45) is 7.05 Å². The molecule has 0 bridgehead atoms. The first-order valence-electron chi connectivity index (χ1n) is 7.91. The molecule has 6 nitrogen and oxygen atoms in total. The lowest BCUT2D eigenvalue weighted by atomic mass is 10.2. The third-order valence-corrected chi connectivity index (χ3v) is 5.30. The van der Waals surface area contributed by atoms with Crippen molar-refractivity contribution in [3.63, 3.8) is 0 Å². The molecule has 0 fully saturated rings. The number of aromatic nitrogens is 4. The Kier molecular flexibility index (Phi) is 4.62. The lowest BCUT2D eigenvalue weighted by Crippen LogP contribution is -2.29. The van der Waals surface area contributed by atoms with Crippen LogP contribution in [0.1, 0.15) is 25.8 Å². The fourth-order valence-electron chi connectivity index (χ4n) is 2.48. The molecule has 0 spiro atoms. The van der Waals surface area contributed by atoms with Crippen molar-refractivity contribution in [3.8, 4) is 0 Å². The molecule has 0 aliphatic carbocycles. The number of fused-ring (bicyclic) bond motifs is 1. The molecule has 0 aliphatic rings. The van der Waals surface area contributed by atoms with Gasteiger partial charge in [0.05, 0.1) is 6.54 Å². The van der Waals surface area contributed by atoms with Crippen LogP contribution in [0.3, 0.4) is 0 Å². The highest BCUT2D eigenvalue weighted by Crippen LogP contribution is 2.27. The number of nitrogens with one attached hydrogen (secondary N) is 1. The maximum Gasteiger partial charge on any atom is 0.329 e. The second-order valence-corrected chi connectivity index (χ2v) is 7.20. The molecule has 24 heavy (non-hydrogen) atoms.